The fourth-order valence-electron chi connectivity index (χ4n) is 5.17. The number of nitrogens with two attached hydrogens (primary N) is 1. The normalized spacial score (nSPS) is 32.2. The lowest BCUT2D eigenvalue weighted by Crippen LogP contribution is -2.64. The van der Waals surface area contributed by atoms with E-state index in [1.165, 1.54) is 12.1 Å². The largest absolute Gasteiger partial charge is 0.508 e. The molecule has 3 aliphatic rings. The van der Waals surface area contributed by atoms with Crippen LogP contribution in [0, 0.1) is 11.8 Å². The lowest BCUT2D eigenvalue weighted by molar-refractivity contribution is -0.171. The van der Waals surface area contributed by atoms with Crippen LogP contribution in [0.4, 0.5) is 0 Å². The summed E-state index contributed by atoms with van der Waals surface area (Å²) in [5.74, 6) is -8.66. The Morgan fingerprint density at radius 1 is 1.26 bits per heavy atom. The smallest absolute Gasteiger partial charge is 0.293 e. The quantitative estimate of drug-likeness (QED) is 0.329. The molecule has 1 fully saturated rings. The van der Waals surface area contributed by atoms with E-state index in [1.54, 1.807) is 13.0 Å². The second kappa shape index (κ2) is 6.67. The van der Waals surface area contributed by atoms with Crippen LogP contribution in [0.2, 0.25) is 0 Å². The minimum absolute atomic E-state index is 0.0352. The van der Waals surface area contributed by atoms with Crippen molar-refractivity contribution in [2.45, 2.75) is 31.0 Å². The van der Waals surface area contributed by atoms with Crippen LogP contribution in [0.15, 0.2) is 35.1 Å². The van der Waals surface area contributed by atoms with Gasteiger partial charge in [0.25, 0.3) is 12.4 Å². The van der Waals surface area contributed by atoms with Crippen molar-refractivity contribution in [3.05, 3.63) is 46.2 Å². The molecule has 1 aromatic rings. The van der Waals surface area contributed by atoms with E-state index in [0.717, 1.165) is 0 Å². The third kappa shape index (κ3) is 2.48. The number of carbonyl (C=O) groups is 4. The van der Waals surface area contributed by atoms with Crippen molar-refractivity contribution in [1.29, 1.82) is 0 Å². The van der Waals surface area contributed by atoms with Gasteiger partial charge in [-0.25, -0.2) is 0 Å². The van der Waals surface area contributed by atoms with Gasteiger partial charge in [-0.1, -0.05) is 19.1 Å². The predicted octanol–water partition coefficient (Wildman–Crippen LogP) is 0.136. The summed E-state index contributed by atoms with van der Waals surface area (Å²) >= 11 is 0. The van der Waals surface area contributed by atoms with E-state index in [4.69, 9.17) is 10.5 Å². The molecule has 0 aromatic heterocycles. The number of phenols is 1. The van der Waals surface area contributed by atoms with Crippen molar-refractivity contribution in [1.82, 2.24) is 0 Å². The molecular weight excluding hydrogens is 410 g/mol. The van der Waals surface area contributed by atoms with Crippen LogP contribution < -0.4 is 5.73 Å². The van der Waals surface area contributed by atoms with Crippen molar-refractivity contribution >= 4 is 29.7 Å². The third-order valence-electron chi connectivity index (χ3n) is 6.55. The minimum atomic E-state index is -2.84. The van der Waals surface area contributed by atoms with Gasteiger partial charge in [-0.05, 0) is 17.5 Å². The van der Waals surface area contributed by atoms with Crippen LogP contribution >= 0.6 is 0 Å². The summed E-state index contributed by atoms with van der Waals surface area (Å²) < 4.78 is 5.19. The summed E-state index contributed by atoms with van der Waals surface area (Å²) in [4.78, 5) is 48.9. The van der Waals surface area contributed by atoms with Crippen LogP contribution in [0.25, 0.3) is 5.76 Å². The van der Waals surface area contributed by atoms with Crippen LogP contribution in [0.5, 0.6) is 5.75 Å². The molecule has 31 heavy (non-hydrogen) atoms. The fourth-order valence-corrected chi connectivity index (χ4v) is 5.17. The fraction of sp³-hybridized carbons (Fsp3) is 0.333. The van der Waals surface area contributed by atoms with E-state index in [1.807, 2.05) is 0 Å². The molecular formula is C21H19NO9. The van der Waals surface area contributed by atoms with Gasteiger partial charge >= 0.3 is 0 Å². The molecule has 0 heterocycles. The number of phenolic OH excluding ortho intramolecular Hbond substituents is 1. The van der Waals surface area contributed by atoms with Crippen molar-refractivity contribution < 1.29 is 44.3 Å². The molecule has 0 saturated heterocycles. The molecule has 1 aromatic carbocycles. The van der Waals surface area contributed by atoms with E-state index in [9.17, 15) is 39.6 Å². The number of hydrogen-bond acceptors (Lipinski definition) is 9. The number of rotatable bonds is 3. The van der Waals surface area contributed by atoms with Gasteiger partial charge in [-0.15, -0.1) is 0 Å². The van der Waals surface area contributed by atoms with Crippen molar-refractivity contribution in [2.24, 2.45) is 17.6 Å². The molecule has 0 radical (unpaired) electrons. The van der Waals surface area contributed by atoms with Crippen LogP contribution in [-0.2, 0) is 23.9 Å². The first kappa shape index (κ1) is 20.6. The van der Waals surface area contributed by atoms with Crippen LogP contribution in [0.3, 0.4) is 0 Å². The molecule has 0 spiro atoms. The molecule has 162 valence electrons. The first-order valence-electron chi connectivity index (χ1n) is 9.45. The SMILES string of the molecule is C[C@H]1c2cccc(O)c2C(O)=C2C(=O)[C@]3(O)C(O)=C(C(N)=O)C(=O)C[C@@H]3[C@@H](OC=O)[C@@H]21. The number of aliphatic hydroxyl groups is 3. The van der Waals surface area contributed by atoms with E-state index in [2.05, 4.69) is 0 Å². The van der Waals surface area contributed by atoms with Gasteiger partial charge in [0.15, 0.2) is 11.4 Å². The van der Waals surface area contributed by atoms with Crippen molar-refractivity contribution in [2.75, 3.05) is 0 Å². The summed E-state index contributed by atoms with van der Waals surface area (Å²) in [5.41, 5.74) is 1.42. The van der Waals surface area contributed by atoms with E-state index in [-0.39, 0.29) is 17.8 Å². The van der Waals surface area contributed by atoms with E-state index < -0.39 is 76.0 Å². The zero-order chi connectivity index (χ0) is 22.8. The number of Topliss-reactive ketones (excluding diaryl/α,β-unsaturated/α-hetero) is 2. The van der Waals surface area contributed by atoms with Gasteiger partial charge in [0.05, 0.1) is 5.56 Å². The maximum absolute atomic E-state index is 13.5. The molecule has 6 N–H and O–H groups in total. The lowest BCUT2D eigenvalue weighted by Gasteiger charge is -2.51. The number of primary amides is 1. The highest BCUT2D eigenvalue weighted by Crippen LogP contribution is 2.56. The summed E-state index contributed by atoms with van der Waals surface area (Å²) in [6.07, 6.45) is -1.92. The number of aliphatic hydroxyl groups excluding tert-OH is 2. The number of ether oxygens (including phenoxy) is 1. The molecule has 0 unspecified atom stereocenters. The van der Waals surface area contributed by atoms with Gasteiger partial charge in [0.2, 0.25) is 5.78 Å². The first-order valence-corrected chi connectivity index (χ1v) is 9.45. The Balaban J connectivity index is 2.05. The summed E-state index contributed by atoms with van der Waals surface area (Å²) in [5, 5.41) is 43.1. The van der Waals surface area contributed by atoms with Gasteiger partial charge in [0.1, 0.15) is 28.9 Å². The number of ketones is 2. The van der Waals surface area contributed by atoms with Crippen molar-refractivity contribution in [3.8, 4) is 5.75 Å². The van der Waals surface area contributed by atoms with Gasteiger partial charge in [-0.3, -0.25) is 19.2 Å². The number of aromatic hydroxyl groups is 1. The molecule has 10 heteroatoms. The Kier molecular flexibility index (Phi) is 4.44. The maximum Gasteiger partial charge on any atom is 0.293 e. The number of hydrogen-bond donors (Lipinski definition) is 5. The Hall–Kier alpha value is -3.66. The molecule has 1 amide bonds. The second-order valence-corrected chi connectivity index (χ2v) is 7.93. The summed E-state index contributed by atoms with van der Waals surface area (Å²) in [6, 6.07) is 4.46. The van der Waals surface area contributed by atoms with E-state index >= 15 is 0 Å². The van der Waals surface area contributed by atoms with Crippen molar-refractivity contribution in [3.63, 3.8) is 0 Å². The summed E-state index contributed by atoms with van der Waals surface area (Å²) in [7, 11) is 0. The zero-order valence-corrected chi connectivity index (χ0v) is 16.2. The Labute approximate surface area is 175 Å². The molecule has 10 nitrogen and oxygen atoms in total. The van der Waals surface area contributed by atoms with Crippen LogP contribution in [-0.4, -0.2) is 56.1 Å². The Bertz CT molecular complexity index is 1120. The first-order chi connectivity index (χ1) is 14.6. The van der Waals surface area contributed by atoms with Gasteiger partial charge in [-0.2, -0.15) is 0 Å². The molecule has 4 rings (SSSR count). The summed E-state index contributed by atoms with van der Waals surface area (Å²) in [6.45, 7) is 1.75. The Morgan fingerprint density at radius 3 is 2.55 bits per heavy atom. The topological polar surface area (TPSA) is 184 Å². The predicted molar refractivity (Wildman–Crippen MR) is 102 cm³/mol. The maximum atomic E-state index is 13.5. The minimum Gasteiger partial charge on any atom is -0.508 e. The lowest BCUT2D eigenvalue weighted by atomic mass is 9.55. The zero-order valence-electron chi connectivity index (χ0n) is 16.2. The molecule has 1 saturated carbocycles. The highest BCUT2D eigenvalue weighted by atomic mass is 16.5. The van der Waals surface area contributed by atoms with E-state index in [0.29, 0.717) is 5.56 Å². The third-order valence-corrected chi connectivity index (χ3v) is 6.55. The molecule has 0 aliphatic heterocycles. The number of benzene rings is 1. The number of fused-ring (bicyclic) bond motifs is 3. The molecule has 3 aliphatic carbocycles. The highest BCUT2D eigenvalue weighted by Gasteiger charge is 2.66. The second-order valence-electron chi connectivity index (χ2n) is 7.93. The van der Waals surface area contributed by atoms with Gasteiger partial charge in [0, 0.05) is 23.8 Å². The highest BCUT2D eigenvalue weighted by molar-refractivity contribution is 6.23. The monoisotopic (exact) mass is 429 g/mol. The number of amides is 1. The molecule has 5 atom stereocenters. The van der Waals surface area contributed by atoms with Gasteiger partial charge < -0.3 is 30.9 Å². The Morgan fingerprint density at radius 2 is 1.94 bits per heavy atom. The number of carbonyl (C=O) groups excluding carboxylic acids is 4. The van der Waals surface area contributed by atoms with Crippen LogP contribution in [0.1, 0.15) is 30.4 Å². The average Bonchev–Trinajstić information content (AvgIpc) is 2.70. The standard InChI is InChI=1S/C21H19NO9/c1-7-8-3-2-4-10(24)13(8)16(26)15-12(7)17(31-6-23)9-5-11(25)14(20(22)29)18(27)21(9,30)19(15)28/h2-4,6-7,9,12,17,24,26-27,30H,5H2,1H3,(H2,22,29)/t7-,9+,12+,17+,21+/m0/s1. The average molecular weight is 429 g/mol. The molecule has 0 bridgehead atoms.